The summed E-state index contributed by atoms with van der Waals surface area (Å²) in [6.07, 6.45) is 0. The van der Waals surface area contributed by atoms with Gasteiger partial charge in [-0.25, -0.2) is 4.98 Å². The van der Waals surface area contributed by atoms with Crippen LogP contribution in [0, 0.1) is 6.92 Å². The molecule has 0 aliphatic heterocycles. The van der Waals surface area contributed by atoms with Crippen LogP contribution in [0.5, 0.6) is 5.75 Å². The molecule has 4 aromatic rings. The highest BCUT2D eigenvalue weighted by atomic mass is 16.5. The first kappa shape index (κ1) is 16.1. The minimum atomic E-state index is -0.130. The van der Waals surface area contributed by atoms with E-state index in [1.54, 1.807) is 6.07 Å². The van der Waals surface area contributed by atoms with E-state index in [9.17, 15) is 4.79 Å². The summed E-state index contributed by atoms with van der Waals surface area (Å²) in [4.78, 5) is 19.8. The fourth-order valence-corrected chi connectivity index (χ4v) is 2.95. The van der Waals surface area contributed by atoms with Gasteiger partial charge in [-0.2, -0.15) is 0 Å². The van der Waals surface area contributed by atoms with Crippen molar-refractivity contribution in [1.29, 1.82) is 0 Å². The summed E-state index contributed by atoms with van der Waals surface area (Å²) in [5.41, 5.74) is 3.56. The van der Waals surface area contributed by atoms with E-state index in [4.69, 9.17) is 4.74 Å². The van der Waals surface area contributed by atoms with Crippen molar-refractivity contribution in [3.05, 3.63) is 94.3 Å². The van der Waals surface area contributed by atoms with E-state index in [0.29, 0.717) is 23.3 Å². The van der Waals surface area contributed by atoms with E-state index in [2.05, 4.69) is 9.97 Å². The lowest BCUT2D eigenvalue weighted by atomic mass is 10.1. The summed E-state index contributed by atoms with van der Waals surface area (Å²) in [5.74, 6) is 1.36. The molecule has 0 aliphatic carbocycles. The van der Waals surface area contributed by atoms with E-state index < -0.39 is 0 Å². The molecule has 0 saturated carbocycles. The number of fused-ring (bicyclic) bond motifs is 1. The lowest BCUT2D eigenvalue weighted by molar-refractivity contribution is 0.306. The van der Waals surface area contributed by atoms with Crippen LogP contribution in [-0.4, -0.2) is 9.97 Å². The number of nitrogens with zero attached hydrogens (tertiary/aromatic N) is 1. The number of aromatic nitrogens is 2. The first-order chi connectivity index (χ1) is 12.7. The highest BCUT2D eigenvalue weighted by molar-refractivity contribution is 5.79. The average Bonchev–Trinajstić information content (AvgIpc) is 2.67. The predicted molar refractivity (Wildman–Crippen MR) is 103 cm³/mol. The molecule has 0 atom stereocenters. The third-order valence-corrected chi connectivity index (χ3v) is 4.31. The maximum Gasteiger partial charge on any atom is 0.259 e. The summed E-state index contributed by atoms with van der Waals surface area (Å²) in [6, 6.07) is 23.2. The number of H-pyrrole nitrogens is 1. The van der Waals surface area contributed by atoms with Gasteiger partial charge in [0.05, 0.1) is 10.9 Å². The number of hydrogen-bond acceptors (Lipinski definition) is 3. The van der Waals surface area contributed by atoms with E-state index >= 15 is 0 Å². The minimum Gasteiger partial charge on any atom is -0.489 e. The maximum atomic E-state index is 12.3. The van der Waals surface area contributed by atoms with Gasteiger partial charge in [0.25, 0.3) is 5.56 Å². The first-order valence-corrected chi connectivity index (χ1v) is 8.47. The van der Waals surface area contributed by atoms with Crippen LogP contribution in [0.15, 0.2) is 77.6 Å². The van der Waals surface area contributed by atoms with Crippen molar-refractivity contribution in [2.45, 2.75) is 13.5 Å². The monoisotopic (exact) mass is 342 g/mol. The summed E-state index contributed by atoms with van der Waals surface area (Å²) in [5, 5.41) is 0.594. The van der Waals surface area contributed by atoms with Crippen molar-refractivity contribution in [2.75, 3.05) is 0 Å². The molecule has 26 heavy (non-hydrogen) atoms. The van der Waals surface area contributed by atoms with Gasteiger partial charge in [-0.1, -0.05) is 42.5 Å². The number of ether oxygens (including phenoxy) is 1. The van der Waals surface area contributed by atoms with Gasteiger partial charge in [-0.3, -0.25) is 4.79 Å². The standard InChI is InChI=1S/C22H18N2O2/c1-15-13-17(26-14-16-7-3-2-4-8-16)11-12-18(15)21-23-20-10-6-5-9-19(20)22(25)24-21/h2-13H,14H2,1H3,(H,23,24,25). The minimum absolute atomic E-state index is 0.130. The molecule has 0 spiro atoms. The Kier molecular flexibility index (Phi) is 4.23. The number of benzene rings is 3. The third kappa shape index (κ3) is 3.22. The Balaban J connectivity index is 1.63. The second-order valence-corrected chi connectivity index (χ2v) is 6.18. The molecular weight excluding hydrogens is 324 g/mol. The second-order valence-electron chi connectivity index (χ2n) is 6.18. The SMILES string of the molecule is Cc1cc(OCc2ccccc2)ccc1-c1nc2ccccc2c(=O)[nH]1. The molecule has 0 unspecified atom stereocenters. The van der Waals surface area contributed by atoms with Crippen LogP contribution in [0.4, 0.5) is 0 Å². The Labute approximate surface area is 151 Å². The van der Waals surface area contributed by atoms with Gasteiger partial charge in [0, 0.05) is 5.56 Å². The van der Waals surface area contributed by atoms with Crippen LogP contribution in [0.2, 0.25) is 0 Å². The van der Waals surface area contributed by atoms with E-state index in [1.807, 2.05) is 73.7 Å². The maximum absolute atomic E-state index is 12.3. The van der Waals surface area contributed by atoms with E-state index in [0.717, 1.165) is 22.4 Å². The number of aromatic amines is 1. The number of rotatable bonds is 4. The molecule has 1 aromatic heterocycles. The summed E-state index contributed by atoms with van der Waals surface area (Å²) in [7, 11) is 0. The highest BCUT2D eigenvalue weighted by Gasteiger charge is 2.09. The van der Waals surface area contributed by atoms with E-state index in [-0.39, 0.29) is 5.56 Å². The lowest BCUT2D eigenvalue weighted by Gasteiger charge is -2.10. The zero-order valence-corrected chi connectivity index (χ0v) is 14.4. The topological polar surface area (TPSA) is 55.0 Å². The van der Waals surface area contributed by atoms with Crippen LogP contribution >= 0.6 is 0 Å². The van der Waals surface area contributed by atoms with Crippen LogP contribution in [0.3, 0.4) is 0 Å². The molecule has 0 fully saturated rings. The van der Waals surface area contributed by atoms with Crippen molar-refractivity contribution in [3.8, 4) is 17.1 Å². The Morgan fingerprint density at radius 1 is 0.962 bits per heavy atom. The molecule has 0 aliphatic rings. The van der Waals surface area contributed by atoms with Crippen LogP contribution in [0.25, 0.3) is 22.3 Å². The predicted octanol–water partition coefficient (Wildman–Crippen LogP) is 4.48. The molecular formula is C22H18N2O2. The Hall–Kier alpha value is -3.40. The molecule has 1 heterocycles. The number of nitrogens with one attached hydrogen (secondary N) is 1. The van der Waals surface area contributed by atoms with Crippen molar-refractivity contribution < 1.29 is 4.74 Å². The smallest absolute Gasteiger partial charge is 0.259 e. The molecule has 4 nitrogen and oxygen atoms in total. The first-order valence-electron chi connectivity index (χ1n) is 8.47. The molecule has 3 aromatic carbocycles. The van der Waals surface area contributed by atoms with Crippen molar-refractivity contribution in [1.82, 2.24) is 9.97 Å². The zero-order valence-electron chi connectivity index (χ0n) is 14.4. The fraction of sp³-hybridized carbons (Fsp3) is 0.0909. The fourth-order valence-electron chi connectivity index (χ4n) is 2.95. The second kappa shape index (κ2) is 6.84. The average molecular weight is 342 g/mol. The van der Waals surface area contributed by atoms with Crippen molar-refractivity contribution in [3.63, 3.8) is 0 Å². The van der Waals surface area contributed by atoms with E-state index in [1.165, 1.54) is 0 Å². The van der Waals surface area contributed by atoms with Gasteiger partial charge in [-0.05, 0) is 48.4 Å². The highest BCUT2D eigenvalue weighted by Crippen LogP contribution is 2.25. The molecule has 0 amide bonds. The number of aryl methyl sites for hydroxylation is 1. The van der Waals surface area contributed by atoms with Crippen LogP contribution in [0.1, 0.15) is 11.1 Å². The normalized spacial score (nSPS) is 10.8. The molecule has 128 valence electrons. The van der Waals surface area contributed by atoms with Crippen molar-refractivity contribution >= 4 is 10.9 Å². The van der Waals surface area contributed by atoms with Gasteiger partial charge >= 0.3 is 0 Å². The lowest BCUT2D eigenvalue weighted by Crippen LogP contribution is -2.09. The largest absolute Gasteiger partial charge is 0.489 e. The van der Waals surface area contributed by atoms with Gasteiger partial charge in [0.15, 0.2) is 0 Å². The van der Waals surface area contributed by atoms with Gasteiger partial charge in [-0.15, -0.1) is 0 Å². The van der Waals surface area contributed by atoms with Crippen LogP contribution < -0.4 is 10.3 Å². The molecule has 1 N–H and O–H groups in total. The number of para-hydroxylation sites is 1. The van der Waals surface area contributed by atoms with Crippen LogP contribution in [-0.2, 0) is 6.61 Å². The molecule has 0 bridgehead atoms. The molecule has 0 saturated heterocycles. The molecule has 4 rings (SSSR count). The summed E-state index contributed by atoms with van der Waals surface area (Å²) >= 11 is 0. The molecule has 4 heteroatoms. The molecule has 0 radical (unpaired) electrons. The summed E-state index contributed by atoms with van der Waals surface area (Å²) in [6.45, 7) is 2.50. The van der Waals surface area contributed by atoms with Gasteiger partial charge < -0.3 is 9.72 Å². The Morgan fingerprint density at radius 2 is 1.73 bits per heavy atom. The van der Waals surface area contributed by atoms with Gasteiger partial charge in [0.1, 0.15) is 18.2 Å². The quantitative estimate of drug-likeness (QED) is 0.595. The Bertz CT molecular complexity index is 1120. The summed E-state index contributed by atoms with van der Waals surface area (Å²) < 4.78 is 5.87. The van der Waals surface area contributed by atoms with Gasteiger partial charge in [0.2, 0.25) is 0 Å². The third-order valence-electron chi connectivity index (χ3n) is 4.31. The van der Waals surface area contributed by atoms with Crippen molar-refractivity contribution in [2.24, 2.45) is 0 Å². The number of hydrogen-bond donors (Lipinski definition) is 1. The zero-order chi connectivity index (χ0) is 17.9. The Morgan fingerprint density at radius 3 is 2.54 bits per heavy atom.